The van der Waals surface area contributed by atoms with Crippen LogP contribution in [0.2, 0.25) is 0 Å². The van der Waals surface area contributed by atoms with Crippen LogP contribution in [0.4, 0.5) is 5.69 Å². The first kappa shape index (κ1) is 31.8. The minimum atomic E-state index is -4.11. The van der Waals surface area contributed by atoms with Gasteiger partial charge in [-0.1, -0.05) is 77.2 Å². The number of anilines is 1. The average molecular weight is 655 g/mol. The van der Waals surface area contributed by atoms with Crippen LogP contribution in [0.15, 0.2) is 76.1 Å². The second kappa shape index (κ2) is 13.9. The third-order valence-corrected chi connectivity index (χ3v) is 10.1. The highest BCUT2D eigenvalue weighted by Crippen LogP contribution is 2.29. The number of aryl methyl sites for hydroxylation is 3. The molecule has 3 aromatic carbocycles. The number of nitrogens with zero attached hydrogens (tertiary/aromatic N) is 2. The number of sulfonamides is 1. The Labute approximate surface area is 258 Å². The monoisotopic (exact) mass is 653 g/mol. The number of carbonyl (C=O) groups is 2. The van der Waals surface area contributed by atoms with Crippen molar-refractivity contribution in [3.63, 3.8) is 0 Å². The van der Waals surface area contributed by atoms with E-state index in [1.54, 1.807) is 37.3 Å². The van der Waals surface area contributed by atoms with Crippen LogP contribution in [0, 0.1) is 20.8 Å². The van der Waals surface area contributed by atoms with Gasteiger partial charge in [-0.3, -0.25) is 13.9 Å². The van der Waals surface area contributed by atoms with Gasteiger partial charge in [-0.05, 0) is 87.6 Å². The predicted octanol–water partition coefficient (Wildman–Crippen LogP) is 6.44. The van der Waals surface area contributed by atoms with Crippen LogP contribution in [-0.4, -0.2) is 43.8 Å². The number of hydrogen-bond acceptors (Lipinski definition) is 4. The number of nitrogens with one attached hydrogen (secondary N) is 1. The average Bonchev–Trinajstić information content (AvgIpc) is 2.96. The number of carbonyl (C=O) groups excluding carboxylic acids is 2. The Morgan fingerprint density at radius 1 is 0.929 bits per heavy atom. The van der Waals surface area contributed by atoms with E-state index in [0.29, 0.717) is 5.69 Å². The third kappa shape index (κ3) is 7.81. The van der Waals surface area contributed by atoms with Gasteiger partial charge >= 0.3 is 0 Å². The highest BCUT2D eigenvalue weighted by atomic mass is 79.9. The molecule has 4 rings (SSSR count). The quantitative estimate of drug-likeness (QED) is 0.273. The first-order valence-electron chi connectivity index (χ1n) is 14.5. The molecule has 1 fully saturated rings. The molecule has 0 saturated heterocycles. The summed E-state index contributed by atoms with van der Waals surface area (Å²) in [5.41, 5.74) is 3.80. The maximum Gasteiger partial charge on any atom is 0.264 e. The number of benzene rings is 3. The summed E-state index contributed by atoms with van der Waals surface area (Å²) in [6.45, 7) is 7.03. The zero-order chi connectivity index (χ0) is 30.4. The maximum absolute atomic E-state index is 14.2. The fourth-order valence-electron chi connectivity index (χ4n) is 5.32. The molecule has 0 radical (unpaired) electrons. The van der Waals surface area contributed by atoms with Gasteiger partial charge in [0.15, 0.2) is 0 Å². The standard InChI is InChI=1S/C33H40BrN3O4S/c1-23-14-17-30(18-15-23)42(40,41)37(31-19-24(2)13-16-25(31)3)22-32(38)36(21-27-9-8-10-28(34)20-27)26(4)33(39)35-29-11-6-5-7-12-29/h8-10,13-20,26,29H,5-7,11-12,21-22H2,1-4H3,(H,35,39)/t26-/m1/s1. The van der Waals surface area contributed by atoms with Gasteiger partial charge in [-0.25, -0.2) is 8.42 Å². The van der Waals surface area contributed by atoms with Gasteiger partial charge in [0.05, 0.1) is 10.6 Å². The molecule has 0 aliphatic heterocycles. The summed E-state index contributed by atoms with van der Waals surface area (Å²) >= 11 is 3.49. The molecule has 0 bridgehead atoms. The second-order valence-corrected chi connectivity index (χ2v) is 14.1. The molecule has 224 valence electrons. The summed E-state index contributed by atoms with van der Waals surface area (Å²) in [6, 6.07) is 19.0. The lowest BCUT2D eigenvalue weighted by molar-refractivity contribution is -0.139. The van der Waals surface area contributed by atoms with E-state index in [9.17, 15) is 18.0 Å². The van der Waals surface area contributed by atoms with Gasteiger partial charge in [-0.15, -0.1) is 0 Å². The molecule has 42 heavy (non-hydrogen) atoms. The summed E-state index contributed by atoms with van der Waals surface area (Å²) in [4.78, 5) is 29.3. The Bertz CT molecular complexity index is 1520. The molecule has 1 saturated carbocycles. The Hall–Kier alpha value is -3.17. The van der Waals surface area contributed by atoms with E-state index in [1.165, 1.54) is 15.6 Å². The smallest absolute Gasteiger partial charge is 0.264 e. The van der Waals surface area contributed by atoms with Crippen molar-refractivity contribution in [1.29, 1.82) is 0 Å². The van der Waals surface area contributed by atoms with E-state index in [0.717, 1.165) is 52.4 Å². The van der Waals surface area contributed by atoms with Crippen molar-refractivity contribution in [3.8, 4) is 0 Å². The lowest BCUT2D eigenvalue weighted by atomic mass is 9.95. The Balaban J connectivity index is 1.71. The Morgan fingerprint density at radius 3 is 2.26 bits per heavy atom. The third-order valence-electron chi connectivity index (χ3n) is 7.88. The van der Waals surface area contributed by atoms with Crippen molar-refractivity contribution in [2.24, 2.45) is 0 Å². The van der Waals surface area contributed by atoms with Crippen molar-refractivity contribution < 1.29 is 18.0 Å². The van der Waals surface area contributed by atoms with E-state index in [1.807, 2.05) is 57.2 Å². The molecule has 1 N–H and O–H groups in total. The van der Waals surface area contributed by atoms with Crippen LogP contribution >= 0.6 is 15.9 Å². The lowest BCUT2D eigenvalue weighted by Gasteiger charge is -2.33. The second-order valence-electron chi connectivity index (χ2n) is 11.3. The van der Waals surface area contributed by atoms with Gasteiger partial charge in [-0.2, -0.15) is 0 Å². The first-order chi connectivity index (χ1) is 20.0. The molecule has 7 nitrogen and oxygen atoms in total. The van der Waals surface area contributed by atoms with E-state index in [4.69, 9.17) is 0 Å². The lowest BCUT2D eigenvalue weighted by Crippen LogP contribution is -2.53. The van der Waals surface area contributed by atoms with Crippen LogP contribution in [-0.2, 0) is 26.2 Å². The van der Waals surface area contributed by atoms with Gasteiger partial charge in [0.2, 0.25) is 11.8 Å². The van der Waals surface area contributed by atoms with Crippen molar-refractivity contribution in [2.75, 3.05) is 10.8 Å². The van der Waals surface area contributed by atoms with Crippen LogP contribution in [0.3, 0.4) is 0 Å². The predicted molar refractivity (Wildman–Crippen MR) is 171 cm³/mol. The number of rotatable bonds is 10. The highest BCUT2D eigenvalue weighted by Gasteiger charge is 2.33. The zero-order valence-electron chi connectivity index (χ0n) is 24.8. The fourth-order valence-corrected chi connectivity index (χ4v) is 7.24. The summed E-state index contributed by atoms with van der Waals surface area (Å²) in [5, 5.41) is 3.14. The minimum absolute atomic E-state index is 0.0879. The molecule has 0 aromatic heterocycles. The van der Waals surface area contributed by atoms with Crippen LogP contribution in [0.25, 0.3) is 0 Å². The van der Waals surface area contributed by atoms with Crippen molar-refractivity contribution >= 4 is 43.5 Å². The van der Waals surface area contributed by atoms with Crippen molar-refractivity contribution in [3.05, 3.63) is 93.5 Å². The Kier molecular flexibility index (Phi) is 10.5. The molecule has 0 spiro atoms. The summed E-state index contributed by atoms with van der Waals surface area (Å²) in [6.07, 6.45) is 5.16. The van der Waals surface area contributed by atoms with Crippen LogP contribution < -0.4 is 9.62 Å². The summed E-state index contributed by atoms with van der Waals surface area (Å²) in [7, 11) is -4.11. The first-order valence-corrected chi connectivity index (χ1v) is 16.7. The molecular formula is C33H40BrN3O4S. The van der Waals surface area contributed by atoms with Gasteiger partial charge < -0.3 is 10.2 Å². The van der Waals surface area contributed by atoms with Crippen molar-refractivity contribution in [2.45, 2.75) is 83.3 Å². The van der Waals surface area contributed by atoms with Crippen LogP contribution in [0.1, 0.15) is 61.3 Å². The molecule has 0 unspecified atom stereocenters. The van der Waals surface area contributed by atoms with Gasteiger partial charge in [0.25, 0.3) is 10.0 Å². The zero-order valence-corrected chi connectivity index (χ0v) is 27.2. The number of hydrogen-bond donors (Lipinski definition) is 1. The molecule has 3 aromatic rings. The highest BCUT2D eigenvalue weighted by molar-refractivity contribution is 9.10. The largest absolute Gasteiger partial charge is 0.352 e. The molecule has 1 aliphatic rings. The number of halogens is 1. The molecule has 1 atom stereocenters. The van der Waals surface area contributed by atoms with E-state index in [-0.39, 0.29) is 23.4 Å². The summed E-state index contributed by atoms with van der Waals surface area (Å²) in [5.74, 6) is -0.692. The molecule has 1 aliphatic carbocycles. The normalized spacial score (nSPS) is 14.7. The Morgan fingerprint density at radius 2 is 1.60 bits per heavy atom. The van der Waals surface area contributed by atoms with Crippen molar-refractivity contribution in [1.82, 2.24) is 10.2 Å². The summed E-state index contributed by atoms with van der Waals surface area (Å²) < 4.78 is 30.2. The van der Waals surface area contributed by atoms with E-state index >= 15 is 0 Å². The number of amides is 2. The fraction of sp³-hybridized carbons (Fsp3) is 0.394. The molecule has 2 amide bonds. The SMILES string of the molecule is Cc1ccc(S(=O)(=O)N(CC(=O)N(Cc2cccc(Br)c2)[C@H](C)C(=O)NC2CCCCC2)c2cc(C)ccc2C)cc1. The van der Waals surface area contributed by atoms with E-state index < -0.39 is 28.5 Å². The maximum atomic E-state index is 14.2. The van der Waals surface area contributed by atoms with Gasteiger partial charge in [0, 0.05) is 17.1 Å². The van der Waals surface area contributed by atoms with Crippen LogP contribution in [0.5, 0.6) is 0 Å². The molecule has 0 heterocycles. The van der Waals surface area contributed by atoms with E-state index in [2.05, 4.69) is 21.2 Å². The minimum Gasteiger partial charge on any atom is -0.352 e. The van der Waals surface area contributed by atoms with Gasteiger partial charge in [0.1, 0.15) is 12.6 Å². The molecular weight excluding hydrogens is 614 g/mol. The topological polar surface area (TPSA) is 86.8 Å². The molecule has 9 heteroatoms.